The number of carbonyl (C=O) groups is 1. The monoisotopic (exact) mass is 236 g/mol. The first-order chi connectivity index (χ1) is 8.16. The minimum atomic E-state index is -0.110. The van der Waals surface area contributed by atoms with Crippen molar-refractivity contribution < 1.29 is 15.0 Å². The molecule has 1 aromatic carbocycles. The number of hydrogen-bond acceptors (Lipinski definition) is 4. The third-order valence-electron chi connectivity index (χ3n) is 2.94. The van der Waals surface area contributed by atoms with Gasteiger partial charge >= 0.3 is 0 Å². The first-order valence-corrected chi connectivity index (χ1v) is 5.66. The van der Waals surface area contributed by atoms with Gasteiger partial charge in [0.15, 0.2) is 11.5 Å². The van der Waals surface area contributed by atoms with Crippen LogP contribution in [0.2, 0.25) is 0 Å². The number of amides is 1. The largest absolute Gasteiger partial charge is 0.504 e. The minimum Gasteiger partial charge on any atom is -0.504 e. The van der Waals surface area contributed by atoms with Gasteiger partial charge in [-0.3, -0.25) is 4.79 Å². The van der Waals surface area contributed by atoms with E-state index in [1.807, 2.05) is 0 Å². The van der Waals surface area contributed by atoms with Crippen LogP contribution < -0.4 is 10.6 Å². The molecule has 4 N–H and O–H groups in total. The molecule has 5 nitrogen and oxygen atoms in total. The normalized spacial score (nSPS) is 20.0. The van der Waals surface area contributed by atoms with Crippen LogP contribution in [0.15, 0.2) is 18.2 Å². The number of nitrogens with one attached hydrogen (secondary N) is 2. The molecule has 1 aliphatic rings. The van der Waals surface area contributed by atoms with Crippen molar-refractivity contribution in [3.05, 3.63) is 23.8 Å². The highest BCUT2D eigenvalue weighted by molar-refractivity contribution is 5.76. The molecule has 17 heavy (non-hydrogen) atoms. The summed E-state index contributed by atoms with van der Waals surface area (Å²) in [5.74, 6) is -0.107. The quantitative estimate of drug-likeness (QED) is 0.575. The van der Waals surface area contributed by atoms with Crippen molar-refractivity contribution in [3.8, 4) is 11.5 Å². The molecule has 1 fully saturated rings. The van der Waals surface area contributed by atoms with Gasteiger partial charge in [0.1, 0.15) is 0 Å². The van der Waals surface area contributed by atoms with Gasteiger partial charge in [0, 0.05) is 31.1 Å². The maximum Gasteiger partial charge on any atom is 0.220 e. The molecule has 1 aliphatic heterocycles. The van der Waals surface area contributed by atoms with E-state index in [0.29, 0.717) is 25.1 Å². The summed E-state index contributed by atoms with van der Waals surface area (Å²) in [5, 5.41) is 25.0. The maximum atomic E-state index is 11.0. The first kappa shape index (κ1) is 11.7. The Hall–Kier alpha value is -1.75. The van der Waals surface area contributed by atoms with E-state index in [1.165, 1.54) is 6.07 Å². The first-order valence-electron chi connectivity index (χ1n) is 5.66. The van der Waals surface area contributed by atoms with Crippen LogP contribution in [0.5, 0.6) is 11.5 Å². The van der Waals surface area contributed by atoms with E-state index in [0.717, 1.165) is 6.42 Å². The molecular formula is C12H16N2O3. The van der Waals surface area contributed by atoms with Crippen LogP contribution in [0.1, 0.15) is 18.4 Å². The summed E-state index contributed by atoms with van der Waals surface area (Å²) in [6, 6.07) is 5.10. The number of benzene rings is 1. The van der Waals surface area contributed by atoms with Crippen molar-refractivity contribution in [1.29, 1.82) is 0 Å². The van der Waals surface area contributed by atoms with Gasteiger partial charge in [-0.25, -0.2) is 0 Å². The zero-order valence-corrected chi connectivity index (χ0v) is 9.44. The lowest BCUT2D eigenvalue weighted by Gasteiger charge is -2.23. The lowest BCUT2D eigenvalue weighted by atomic mass is 10.1. The predicted molar refractivity (Wildman–Crippen MR) is 62.6 cm³/mol. The van der Waals surface area contributed by atoms with E-state index in [-0.39, 0.29) is 23.4 Å². The SMILES string of the molecule is O=C1CCC(NCc2cccc(O)c2O)CN1. The Labute approximate surface area is 99.5 Å². The van der Waals surface area contributed by atoms with Crippen LogP contribution in [0.25, 0.3) is 0 Å². The van der Waals surface area contributed by atoms with Gasteiger partial charge < -0.3 is 20.8 Å². The molecule has 0 aliphatic carbocycles. The minimum absolute atomic E-state index is 0.0835. The second-order valence-electron chi connectivity index (χ2n) is 4.21. The van der Waals surface area contributed by atoms with Crippen molar-refractivity contribution in [1.82, 2.24) is 10.6 Å². The fourth-order valence-electron chi connectivity index (χ4n) is 1.88. The fraction of sp³-hybridized carbons (Fsp3) is 0.417. The zero-order chi connectivity index (χ0) is 12.3. The summed E-state index contributed by atoms with van der Waals surface area (Å²) in [6.45, 7) is 1.08. The highest BCUT2D eigenvalue weighted by atomic mass is 16.3. The van der Waals surface area contributed by atoms with Gasteiger partial charge in [-0.1, -0.05) is 12.1 Å². The van der Waals surface area contributed by atoms with E-state index in [9.17, 15) is 15.0 Å². The van der Waals surface area contributed by atoms with Gasteiger partial charge in [-0.05, 0) is 12.5 Å². The molecule has 2 rings (SSSR count). The number of phenols is 2. The van der Waals surface area contributed by atoms with Crippen molar-refractivity contribution in [2.24, 2.45) is 0 Å². The average Bonchev–Trinajstić information content (AvgIpc) is 2.33. The van der Waals surface area contributed by atoms with Crippen LogP contribution >= 0.6 is 0 Å². The van der Waals surface area contributed by atoms with Gasteiger partial charge in [0.25, 0.3) is 0 Å². The van der Waals surface area contributed by atoms with Crippen LogP contribution in [-0.2, 0) is 11.3 Å². The summed E-state index contributed by atoms with van der Waals surface area (Å²) in [5.41, 5.74) is 0.655. The molecule has 0 aromatic heterocycles. The molecule has 1 amide bonds. The Kier molecular flexibility index (Phi) is 3.49. The molecule has 0 bridgehead atoms. The Morgan fingerprint density at radius 1 is 1.41 bits per heavy atom. The average molecular weight is 236 g/mol. The number of para-hydroxylation sites is 1. The predicted octanol–water partition coefficient (Wildman–Crippen LogP) is 0.466. The van der Waals surface area contributed by atoms with Crippen LogP contribution in [0.3, 0.4) is 0 Å². The molecule has 0 saturated carbocycles. The van der Waals surface area contributed by atoms with E-state index in [1.54, 1.807) is 12.1 Å². The maximum absolute atomic E-state index is 11.0. The summed E-state index contributed by atoms with van der Waals surface area (Å²) >= 11 is 0. The Morgan fingerprint density at radius 2 is 2.24 bits per heavy atom. The van der Waals surface area contributed by atoms with Crippen molar-refractivity contribution in [2.75, 3.05) is 6.54 Å². The Balaban J connectivity index is 1.89. The molecule has 1 heterocycles. The number of rotatable bonds is 3. The number of aromatic hydroxyl groups is 2. The number of piperidine rings is 1. The molecule has 0 radical (unpaired) electrons. The van der Waals surface area contributed by atoms with Gasteiger partial charge in [-0.2, -0.15) is 0 Å². The van der Waals surface area contributed by atoms with Crippen LogP contribution in [0.4, 0.5) is 0 Å². The van der Waals surface area contributed by atoms with Gasteiger partial charge in [-0.15, -0.1) is 0 Å². The van der Waals surface area contributed by atoms with Crippen molar-refractivity contribution >= 4 is 5.91 Å². The van der Waals surface area contributed by atoms with Gasteiger partial charge in [0.05, 0.1) is 0 Å². The Morgan fingerprint density at radius 3 is 2.94 bits per heavy atom. The number of carbonyl (C=O) groups excluding carboxylic acids is 1. The Bertz CT molecular complexity index is 410. The van der Waals surface area contributed by atoms with E-state index in [2.05, 4.69) is 10.6 Å². The van der Waals surface area contributed by atoms with E-state index in [4.69, 9.17) is 0 Å². The van der Waals surface area contributed by atoms with Gasteiger partial charge in [0.2, 0.25) is 5.91 Å². The molecule has 5 heteroatoms. The summed E-state index contributed by atoms with van der Waals surface area (Å²) < 4.78 is 0. The molecule has 1 aromatic rings. The molecular weight excluding hydrogens is 220 g/mol. The highest BCUT2D eigenvalue weighted by Gasteiger charge is 2.17. The molecule has 0 spiro atoms. The summed E-state index contributed by atoms with van der Waals surface area (Å²) in [7, 11) is 0. The lowest BCUT2D eigenvalue weighted by Crippen LogP contribution is -2.45. The third-order valence-corrected chi connectivity index (χ3v) is 2.94. The fourth-order valence-corrected chi connectivity index (χ4v) is 1.88. The van der Waals surface area contributed by atoms with Crippen LogP contribution in [0, 0.1) is 0 Å². The lowest BCUT2D eigenvalue weighted by molar-refractivity contribution is -0.122. The molecule has 1 atom stereocenters. The standard InChI is InChI=1S/C12H16N2O3/c15-10-3-1-2-8(12(10)17)6-13-9-4-5-11(16)14-7-9/h1-3,9,13,15,17H,4-7H2,(H,14,16). The molecule has 92 valence electrons. The number of hydrogen-bond donors (Lipinski definition) is 4. The van der Waals surface area contributed by atoms with Crippen LogP contribution in [-0.4, -0.2) is 28.7 Å². The van der Waals surface area contributed by atoms with Crippen molar-refractivity contribution in [3.63, 3.8) is 0 Å². The summed E-state index contributed by atoms with van der Waals surface area (Å²) in [4.78, 5) is 11.0. The molecule has 1 unspecified atom stereocenters. The summed E-state index contributed by atoms with van der Waals surface area (Å²) in [6.07, 6.45) is 1.33. The second-order valence-corrected chi connectivity index (χ2v) is 4.21. The van der Waals surface area contributed by atoms with Crippen molar-refractivity contribution in [2.45, 2.75) is 25.4 Å². The highest BCUT2D eigenvalue weighted by Crippen LogP contribution is 2.28. The third kappa shape index (κ3) is 2.88. The second kappa shape index (κ2) is 5.05. The molecule has 1 saturated heterocycles. The number of phenolic OH excluding ortho intramolecular Hbond substituents is 2. The zero-order valence-electron chi connectivity index (χ0n) is 9.44. The van der Waals surface area contributed by atoms with E-state index >= 15 is 0 Å². The van der Waals surface area contributed by atoms with E-state index < -0.39 is 0 Å². The smallest absolute Gasteiger partial charge is 0.220 e. The topological polar surface area (TPSA) is 81.6 Å².